The SMILES string of the molecule is CCOC(=O)C1CCN(c2ncnc(N(C)CCC3OCCO3)c2[N+](=O)[O-])CC1. The molecule has 2 aliphatic rings. The number of hydrogen-bond acceptors (Lipinski definition) is 10. The van der Waals surface area contributed by atoms with Gasteiger partial charge in [-0.15, -0.1) is 0 Å². The van der Waals surface area contributed by atoms with Crippen molar-refractivity contribution in [2.75, 3.05) is 56.3 Å². The van der Waals surface area contributed by atoms with Crippen LogP contribution in [0.5, 0.6) is 0 Å². The van der Waals surface area contributed by atoms with E-state index in [-0.39, 0.29) is 35.5 Å². The Morgan fingerprint density at radius 3 is 2.66 bits per heavy atom. The highest BCUT2D eigenvalue weighted by Crippen LogP contribution is 2.35. The molecule has 0 aliphatic carbocycles. The molecule has 11 nitrogen and oxygen atoms in total. The lowest BCUT2D eigenvalue weighted by molar-refractivity contribution is -0.383. The van der Waals surface area contributed by atoms with Gasteiger partial charge < -0.3 is 24.0 Å². The van der Waals surface area contributed by atoms with Gasteiger partial charge in [-0.05, 0) is 19.8 Å². The number of carbonyl (C=O) groups is 1. The lowest BCUT2D eigenvalue weighted by Gasteiger charge is -2.31. The summed E-state index contributed by atoms with van der Waals surface area (Å²) in [6.45, 7) is 4.74. The molecular formula is C18H27N5O6. The van der Waals surface area contributed by atoms with Crippen LogP contribution in [0, 0.1) is 16.0 Å². The summed E-state index contributed by atoms with van der Waals surface area (Å²) < 4.78 is 15.9. The third-order valence-corrected chi connectivity index (χ3v) is 5.13. The molecule has 11 heteroatoms. The van der Waals surface area contributed by atoms with Crippen LogP contribution in [0.4, 0.5) is 17.3 Å². The predicted molar refractivity (Wildman–Crippen MR) is 104 cm³/mol. The maximum absolute atomic E-state index is 11.9. The van der Waals surface area contributed by atoms with E-state index in [2.05, 4.69) is 9.97 Å². The molecule has 160 valence electrons. The summed E-state index contributed by atoms with van der Waals surface area (Å²) >= 11 is 0. The average Bonchev–Trinajstić information content (AvgIpc) is 3.25. The minimum atomic E-state index is -0.443. The van der Waals surface area contributed by atoms with E-state index in [0.29, 0.717) is 58.7 Å². The standard InChI is InChI=1S/C18H27N5O6/c1-3-27-18(24)13-4-8-22(9-5-13)17-15(23(25)26)16(19-12-20-17)21(2)7-6-14-28-10-11-29-14/h12-14H,3-11H2,1-2H3. The third kappa shape index (κ3) is 5.10. The molecule has 3 heterocycles. The van der Waals surface area contributed by atoms with Crippen molar-refractivity contribution in [3.8, 4) is 0 Å². The minimum absolute atomic E-state index is 0.127. The van der Waals surface area contributed by atoms with Gasteiger partial charge in [-0.1, -0.05) is 0 Å². The highest BCUT2D eigenvalue weighted by Gasteiger charge is 2.33. The second-order valence-corrected chi connectivity index (χ2v) is 7.02. The van der Waals surface area contributed by atoms with Crippen LogP contribution in [0.25, 0.3) is 0 Å². The highest BCUT2D eigenvalue weighted by atomic mass is 16.7. The molecule has 2 fully saturated rings. The Balaban J connectivity index is 1.71. The second kappa shape index (κ2) is 9.79. The van der Waals surface area contributed by atoms with Crippen molar-refractivity contribution in [1.82, 2.24) is 9.97 Å². The molecule has 1 aromatic rings. The summed E-state index contributed by atoms with van der Waals surface area (Å²) in [5.41, 5.74) is -0.127. The molecule has 0 bridgehead atoms. The monoisotopic (exact) mass is 409 g/mol. The Hall–Kier alpha value is -2.53. The van der Waals surface area contributed by atoms with Gasteiger partial charge >= 0.3 is 11.7 Å². The molecular weight excluding hydrogens is 382 g/mol. The normalized spacial score (nSPS) is 18.1. The zero-order valence-electron chi connectivity index (χ0n) is 16.8. The van der Waals surface area contributed by atoms with E-state index >= 15 is 0 Å². The van der Waals surface area contributed by atoms with Gasteiger partial charge in [0.05, 0.1) is 30.7 Å². The zero-order chi connectivity index (χ0) is 20.8. The van der Waals surface area contributed by atoms with E-state index in [9.17, 15) is 14.9 Å². The molecule has 0 amide bonds. The highest BCUT2D eigenvalue weighted by molar-refractivity contribution is 5.74. The molecule has 2 saturated heterocycles. The summed E-state index contributed by atoms with van der Waals surface area (Å²) in [4.78, 5) is 35.3. The summed E-state index contributed by atoms with van der Waals surface area (Å²) in [6.07, 6.45) is 2.77. The quantitative estimate of drug-likeness (QED) is 0.353. The molecule has 0 atom stereocenters. The van der Waals surface area contributed by atoms with E-state index in [0.717, 1.165) is 0 Å². The lowest BCUT2D eigenvalue weighted by atomic mass is 9.97. The topological polar surface area (TPSA) is 120 Å². The average molecular weight is 409 g/mol. The number of aromatic nitrogens is 2. The van der Waals surface area contributed by atoms with Crippen LogP contribution in [-0.2, 0) is 19.0 Å². The number of rotatable bonds is 8. The van der Waals surface area contributed by atoms with Crippen LogP contribution >= 0.6 is 0 Å². The van der Waals surface area contributed by atoms with Gasteiger partial charge in [0.15, 0.2) is 6.29 Å². The summed E-state index contributed by atoms with van der Waals surface area (Å²) in [5, 5.41) is 11.9. The Labute approximate surface area is 169 Å². The molecule has 29 heavy (non-hydrogen) atoms. The van der Waals surface area contributed by atoms with Crippen LogP contribution in [0.15, 0.2) is 6.33 Å². The second-order valence-electron chi connectivity index (χ2n) is 7.02. The Morgan fingerprint density at radius 2 is 2.03 bits per heavy atom. The van der Waals surface area contributed by atoms with Crippen molar-refractivity contribution in [2.45, 2.75) is 32.5 Å². The Morgan fingerprint density at radius 1 is 1.34 bits per heavy atom. The molecule has 0 N–H and O–H groups in total. The number of carbonyl (C=O) groups excluding carboxylic acids is 1. The maximum Gasteiger partial charge on any atom is 0.353 e. The molecule has 3 rings (SSSR count). The van der Waals surface area contributed by atoms with E-state index in [1.54, 1.807) is 18.9 Å². The van der Waals surface area contributed by atoms with Gasteiger partial charge in [-0.3, -0.25) is 14.9 Å². The number of ether oxygens (including phenoxy) is 3. The molecule has 1 aromatic heterocycles. The van der Waals surface area contributed by atoms with Crippen LogP contribution < -0.4 is 9.80 Å². The van der Waals surface area contributed by atoms with Crippen molar-refractivity contribution in [1.29, 1.82) is 0 Å². The maximum atomic E-state index is 11.9. The van der Waals surface area contributed by atoms with Crippen LogP contribution in [0.1, 0.15) is 26.2 Å². The molecule has 0 radical (unpaired) electrons. The number of piperidine rings is 1. The van der Waals surface area contributed by atoms with Crippen LogP contribution in [0.3, 0.4) is 0 Å². The Bertz CT molecular complexity index is 719. The molecule has 2 aliphatic heterocycles. The summed E-state index contributed by atoms with van der Waals surface area (Å²) in [7, 11) is 1.75. The first kappa shape index (κ1) is 21.2. The van der Waals surface area contributed by atoms with Gasteiger partial charge in [0, 0.05) is 33.1 Å². The minimum Gasteiger partial charge on any atom is -0.466 e. The number of anilines is 2. The van der Waals surface area contributed by atoms with E-state index in [1.165, 1.54) is 6.33 Å². The Kier molecular flexibility index (Phi) is 7.15. The fourth-order valence-corrected chi connectivity index (χ4v) is 3.60. The predicted octanol–water partition coefficient (Wildman–Crippen LogP) is 1.36. The van der Waals surface area contributed by atoms with E-state index < -0.39 is 4.92 Å². The number of nitro groups is 1. The van der Waals surface area contributed by atoms with Crippen LogP contribution in [0.2, 0.25) is 0 Å². The molecule has 0 aromatic carbocycles. The van der Waals surface area contributed by atoms with Crippen molar-refractivity contribution in [3.05, 3.63) is 16.4 Å². The first-order valence-corrected chi connectivity index (χ1v) is 9.86. The van der Waals surface area contributed by atoms with Crippen LogP contribution in [-0.4, -0.2) is 73.7 Å². The van der Waals surface area contributed by atoms with Gasteiger partial charge in [0.1, 0.15) is 6.33 Å². The molecule has 0 saturated carbocycles. The van der Waals surface area contributed by atoms with Crippen molar-refractivity contribution >= 4 is 23.3 Å². The largest absolute Gasteiger partial charge is 0.466 e. The zero-order valence-corrected chi connectivity index (χ0v) is 16.8. The lowest BCUT2D eigenvalue weighted by Crippen LogP contribution is -2.38. The summed E-state index contributed by atoms with van der Waals surface area (Å²) in [6, 6.07) is 0. The summed E-state index contributed by atoms with van der Waals surface area (Å²) in [5.74, 6) is 0.148. The van der Waals surface area contributed by atoms with Gasteiger partial charge in [0.2, 0.25) is 11.6 Å². The first-order valence-electron chi connectivity index (χ1n) is 9.86. The fourth-order valence-electron chi connectivity index (χ4n) is 3.60. The number of nitrogens with zero attached hydrogens (tertiary/aromatic N) is 5. The molecule has 0 spiro atoms. The van der Waals surface area contributed by atoms with Crippen molar-refractivity contribution in [3.63, 3.8) is 0 Å². The van der Waals surface area contributed by atoms with Gasteiger partial charge in [-0.25, -0.2) is 9.97 Å². The van der Waals surface area contributed by atoms with Crippen molar-refractivity contribution < 1.29 is 23.9 Å². The third-order valence-electron chi connectivity index (χ3n) is 5.13. The number of hydrogen-bond donors (Lipinski definition) is 0. The smallest absolute Gasteiger partial charge is 0.353 e. The van der Waals surface area contributed by atoms with E-state index in [4.69, 9.17) is 14.2 Å². The molecule has 0 unspecified atom stereocenters. The van der Waals surface area contributed by atoms with Crippen molar-refractivity contribution in [2.24, 2.45) is 5.92 Å². The van der Waals surface area contributed by atoms with Gasteiger partial charge in [0.25, 0.3) is 0 Å². The first-order chi connectivity index (χ1) is 14.0. The fraction of sp³-hybridized carbons (Fsp3) is 0.722. The van der Waals surface area contributed by atoms with E-state index in [1.807, 2.05) is 4.90 Å². The van der Waals surface area contributed by atoms with Gasteiger partial charge in [-0.2, -0.15) is 0 Å². The number of esters is 1.